The Morgan fingerprint density at radius 1 is 1.21 bits per heavy atom. The molecule has 0 saturated heterocycles. The van der Waals surface area contributed by atoms with Gasteiger partial charge in [0.15, 0.2) is 5.16 Å². The summed E-state index contributed by atoms with van der Waals surface area (Å²) in [4.78, 5) is 35.2. The lowest BCUT2D eigenvalue weighted by molar-refractivity contribution is -0.115. The standard InChI is InChI=1S/C22H20N4O2S/c1-3-13-26-21(28)20-19(16-11-7-8-12-17(16)23-20)24-22(26)29-14-18(27)25(2)15-9-5-4-6-10-15/h3-12,23H,1,13-14H2,2H3. The van der Waals surface area contributed by atoms with E-state index < -0.39 is 0 Å². The highest BCUT2D eigenvalue weighted by atomic mass is 32.2. The molecule has 6 nitrogen and oxygen atoms in total. The molecule has 0 aliphatic rings. The lowest BCUT2D eigenvalue weighted by Gasteiger charge is -2.17. The fraction of sp³-hybridized carbons (Fsp3) is 0.136. The van der Waals surface area contributed by atoms with Crippen LogP contribution in [-0.4, -0.2) is 33.2 Å². The van der Waals surface area contributed by atoms with Crippen LogP contribution >= 0.6 is 11.8 Å². The lowest BCUT2D eigenvalue weighted by Crippen LogP contribution is -2.29. The smallest absolute Gasteiger partial charge is 0.278 e. The summed E-state index contributed by atoms with van der Waals surface area (Å²) in [7, 11) is 1.74. The number of hydrogen-bond acceptors (Lipinski definition) is 4. The van der Waals surface area contributed by atoms with Gasteiger partial charge in [0.05, 0.1) is 5.75 Å². The number of carbonyl (C=O) groups excluding carboxylic acids is 1. The van der Waals surface area contributed by atoms with Crippen LogP contribution in [0.5, 0.6) is 0 Å². The van der Waals surface area contributed by atoms with Crippen LogP contribution in [-0.2, 0) is 11.3 Å². The van der Waals surface area contributed by atoms with Crippen molar-refractivity contribution in [1.29, 1.82) is 0 Å². The van der Waals surface area contributed by atoms with Crippen LogP contribution in [0.15, 0.2) is 77.2 Å². The van der Waals surface area contributed by atoms with E-state index in [2.05, 4.69) is 11.6 Å². The highest BCUT2D eigenvalue weighted by Crippen LogP contribution is 2.25. The summed E-state index contributed by atoms with van der Waals surface area (Å²) in [5, 5.41) is 1.39. The normalized spacial score (nSPS) is 11.1. The average Bonchev–Trinajstić information content (AvgIpc) is 3.13. The number of para-hydroxylation sites is 2. The summed E-state index contributed by atoms with van der Waals surface area (Å²) in [6, 6.07) is 17.1. The number of nitrogens with zero attached hydrogens (tertiary/aromatic N) is 3. The Hall–Kier alpha value is -3.32. The van der Waals surface area contributed by atoms with Crippen molar-refractivity contribution in [2.75, 3.05) is 17.7 Å². The van der Waals surface area contributed by atoms with Crippen molar-refractivity contribution < 1.29 is 4.79 Å². The van der Waals surface area contributed by atoms with Gasteiger partial charge in [0, 0.05) is 30.2 Å². The Kier molecular flexibility index (Phi) is 5.22. The van der Waals surface area contributed by atoms with E-state index in [1.165, 1.54) is 11.8 Å². The molecule has 0 unspecified atom stereocenters. The summed E-state index contributed by atoms with van der Waals surface area (Å²) in [5.74, 6) is 0.0997. The lowest BCUT2D eigenvalue weighted by atomic mass is 10.2. The largest absolute Gasteiger partial charge is 0.349 e. The topological polar surface area (TPSA) is 71.0 Å². The molecule has 4 aromatic rings. The van der Waals surface area contributed by atoms with Gasteiger partial charge in [0.25, 0.3) is 5.56 Å². The second kappa shape index (κ2) is 7.97. The predicted octanol–water partition coefficient (Wildman–Crippen LogP) is 3.82. The second-order valence-electron chi connectivity index (χ2n) is 6.57. The maximum absolute atomic E-state index is 13.0. The number of fused-ring (bicyclic) bond motifs is 3. The number of H-pyrrole nitrogens is 1. The Bertz CT molecular complexity index is 1260. The molecule has 0 saturated carbocycles. The highest BCUT2D eigenvalue weighted by molar-refractivity contribution is 7.99. The molecule has 7 heteroatoms. The zero-order valence-corrected chi connectivity index (χ0v) is 16.8. The number of thioether (sulfide) groups is 1. The average molecular weight is 404 g/mol. The van der Waals surface area contributed by atoms with Gasteiger partial charge in [-0.15, -0.1) is 6.58 Å². The third-order valence-electron chi connectivity index (χ3n) is 4.73. The first-order valence-electron chi connectivity index (χ1n) is 9.16. The second-order valence-corrected chi connectivity index (χ2v) is 7.51. The van der Waals surface area contributed by atoms with Crippen molar-refractivity contribution >= 4 is 45.3 Å². The van der Waals surface area contributed by atoms with Gasteiger partial charge >= 0.3 is 0 Å². The molecule has 2 heterocycles. The minimum Gasteiger partial charge on any atom is -0.349 e. The molecule has 0 aliphatic carbocycles. The van der Waals surface area contributed by atoms with Crippen molar-refractivity contribution in [2.45, 2.75) is 11.7 Å². The summed E-state index contributed by atoms with van der Waals surface area (Å²) in [6.07, 6.45) is 1.65. The number of benzene rings is 2. The number of amides is 1. The SMILES string of the molecule is C=CCn1c(SCC(=O)N(C)c2ccccc2)nc2c([nH]c3ccccc32)c1=O. The van der Waals surface area contributed by atoms with Crippen LogP contribution in [0.1, 0.15) is 0 Å². The van der Waals surface area contributed by atoms with Gasteiger partial charge in [-0.2, -0.15) is 0 Å². The van der Waals surface area contributed by atoms with Gasteiger partial charge in [-0.25, -0.2) is 4.98 Å². The number of aromatic amines is 1. The first-order chi connectivity index (χ1) is 14.1. The van der Waals surface area contributed by atoms with E-state index in [9.17, 15) is 9.59 Å². The molecule has 0 fully saturated rings. The van der Waals surface area contributed by atoms with E-state index >= 15 is 0 Å². The van der Waals surface area contributed by atoms with E-state index in [0.717, 1.165) is 16.6 Å². The van der Waals surface area contributed by atoms with E-state index in [-0.39, 0.29) is 17.2 Å². The minimum atomic E-state index is -0.169. The first kappa shape index (κ1) is 19.0. The Morgan fingerprint density at radius 2 is 1.93 bits per heavy atom. The molecule has 0 radical (unpaired) electrons. The molecule has 2 aromatic carbocycles. The molecular weight excluding hydrogens is 384 g/mol. The molecular formula is C22H20N4O2S. The molecule has 4 rings (SSSR count). The summed E-state index contributed by atoms with van der Waals surface area (Å²) in [5.41, 5.74) is 2.60. The summed E-state index contributed by atoms with van der Waals surface area (Å²) < 4.78 is 1.55. The number of anilines is 1. The number of rotatable bonds is 6. The number of aromatic nitrogens is 3. The molecule has 146 valence electrons. The van der Waals surface area contributed by atoms with Crippen LogP contribution in [0.3, 0.4) is 0 Å². The van der Waals surface area contributed by atoms with Crippen LogP contribution in [0.2, 0.25) is 0 Å². The molecule has 2 aromatic heterocycles. The molecule has 0 atom stereocenters. The van der Waals surface area contributed by atoms with E-state index in [1.54, 1.807) is 22.6 Å². The predicted molar refractivity (Wildman–Crippen MR) is 119 cm³/mol. The van der Waals surface area contributed by atoms with Crippen molar-refractivity contribution in [3.05, 3.63) is 77.6 Å². The molecule has 0 bridgehead atoms. The quantitative estimate of drug-likeness (QED) is 0.301. The van der Waals surface area contributed by atoms with Crippen molar-refractivity contribution in [2.24, 2.45) is 0 Å². The maximum Gasteiger partial charge on any atom is 0.278 e. The fourth-order valence-electron chi connectivity index (χ4n) is 3.19. The van der Waals surface area contributed by atoms with Gasteiger partial charge in [0.1, 0.15) is 11.0 Å². The van der Waals surface area contributed by atoms with Gasteiger partial charge in [-0.05, 0) is 18.2 Å². The van der Waals surface area contributed by atoms with Gasteiger partial charge in [-0.1, -0.05) is 54.2 Å². The van der Waals surface area contributed by atoms with E-state index in [0.29, 0.717) is 22.7 Å². The summed E-state index contributed by atoms with van der Waals surface area (Å²) >= 11 is 1.26. The Balaban J connectivity index is 1.69. The fourth-order valence-corrected chi connectivity index (χ4v) is 4.11. The summed E-state index contributed by atoms with van der Waals surface area (Å²) in [6.45, 7) is 4.06. The molecule has 1 amide bonds. The zero-order valence-electron chi connectivity index (χ0n) is 16.0. The van der Waals surface area contributed by atoms with Gasteiger partial charge in [-0.3, -0.25) is 14.2 Å². The number of allylic oxidation sites excluding steroid dienone is 1. The highest BCUT2D eigenvalue weighted by Gasteiger charge is 2.17. The van der Waals surface area contributed by atoms with Gasteiger partial charge < -0.3 is 9.88 Å². The van der Waals surface area contributed by atoms with Crippen LogP contribution in [0, 0.1) is 0 Å². The monoisotopic (exact) mass is 404 g/mol. The maximum atomic E-state index is 13.0. The van der Waals surface area contributed by atoms with Crippen LogP contribution in [0.4, 0.5) is 5.69 Å². The number of hydrogen-bond donors (Lipinski definition) is 1. The number of carbonyl (C=O) groups is 1. The van der Waals surface area contributed by atoms with E-state index in [4.69, 9.17) is 4.98 Å². The zero-order chi connectivity index (χ0) is 20.4. The van der Waals surface area contributed by atoms with Gasteiger partial charge in [0.2, 0.25) is 5.91 Å². The third-order valence-corrected chi connectivity index (χ3v) is 5.69. The molecule has 0 aliphatic heterocycles. The third kappa shape index (κ3) is 3.56. The first-order valence-corrected chi connectivity index (χ1v) is 10.1. The van der Waals surface area contributed by atoms with Crippen LogP contribution < -0.4 is 10.5 Å². The number of nitrogens with one attached hydrogen (secondary N) is 1. The molecule has 29 heavy (non-hydrogen) atoms. The van der Waals surface area contributed by atoms with Crippen LogP contribution in [0.25, 0.3) is 21.9 Å². The Labute approximate surface area is 171 Å². The van der Waals surface area contributed by atoms with Crippen molar-refractivity contribution in [3.8, 4) is 0 Å². The molecule has 0 spiro atoms. The Morgan fingerprint density at radius 3 is 2.69 bits per heavy atom. The van der Waals surface area contributed by atoms with Crippen molar-refractivity contribution in [3.63, 3.8) is 0 Å². The minimum absolute atomic E-state index is 0.0698. The van der Waals surface area contributed by atoms with E-state index in [1.807, 2.05) is 54.6 Å². The van der Waals surface area contributed by atoms with Crippen molar-refractivity contribution in [1.82, 2.24) is 14.5 Å². The molecule has 1 N–H and O–H groups in total.